The van der Waals surface area contributed by atoms with Crippen LogP contribution >= 0.6 is 11.3 Å². The van der Waals surface area contributed by atoms with Gasteiger partial charge in [0.2, 0.25) is 0 Å². The number of rotatable bonds is 2. The lowest BCUT2D eigenvalue weighted by Gasteiger charge is -2.25. The number of carbonyl (C=O) groups is 1. The molecule has 0 bridgehead atoms. The molecule has 1 saturated heterocycles. The standard InChI is InChI=1S/C16H17N3OS/c1-11-9-21-10-13(11)18-16(20)19-14(7-8-15(19)17)12-5-3-2-4-6-12/h2-6,9-10,14,17H,7-8H2,1H3,(H,18,20). The van der Waals surface area contributed by atoms with Gasteiger partial charge in [-0.3, -0.25) is 10.3 Å². The Balaban J connectivity index is 1.83. The van der Waals surface area contributed by atoms with E-state index in [0.29, 0.717) is 12.3 Å². The van der Waals surface area contributed by atoms with Gasteiger partial charge in [0.05, 0.1) is 11.7 Å². The van der Waals surface area contributed by atoms with E-state index in [-0.39, 0.29) is 12.1 Å². The monoisotopic (exact) mass is 299 g/mol. The van der Waals surface area contributed by atoms with E-state index >= 15 is 0 Å². The molecular weight excluding hydrogens is 282 g/mol. The van der Waals surface area contributed by atoms with Crippen molar-refractivity contribution in [2.24, 2.45) is 0 Å². The summed E-state index contributed by atoms with van der Waals surface area (Å²) in [5, 5.41) is 14.9. The molecule has 0 radical (unpaired) electrons. The molecule has 2 N–H and O–H groups in total. The van der Waals surface area contributed by atoms with Gasteiger partial charge in [0, 0.05) is 11.8 Å². The van der Waals surface area contributed by atoms with Crippen molar-refractivity contribution in [3.63, 3.8) is 0 Å². The summed E-state index contributed by atoms with van der Waals surface area (Å²) >= 11 is 1.56. The number of hydrogen-bond donors (Lipinski definition) is 2. The van der Waals surface area contributed by atoms with Crippen molar-refractivity contribution in [1.82, 2.24) is 4.90 Å². The molecule has 1 atom stereocenters. The van der Waals surface area contributed by atoms with Crippen molar-refractivity contribution in [2.45, 2.75) is 25.8 Å². The van der Waals surface area contributed by atoms with Crippen molar-refractivity contribution in [3.05, 3.63) is 52.2 Å². The Labute approximate surface area is 127 Å². The first-order chi connectivity index (χ1) is 10.2. The van der Waals surface area contributed by atoms with Gasteiger partial charge < -0.3 is 5.32 Å². The summed E-state index contributed by atoms with van der Waals surface area (Å²) in [4.78, 5) is 14.1. The molecule has 2 heterocycles. The fourth-order valence-electron chi connectivity index (χ4n) is 2.63. The maximum absolute atomic E-state index is 12.5. The van der Waals surface area contributed by atoms with E-state index in [0.717, 1.165) is 23.2 Å². The number of aryl methyl sites for hydroxylation is 1. The number of carbonyl (C=O) groups excluding carboxylic acids is 1. The van der Waals surface area contributed by atoms with Crippen LogP contribution in [-0.4, -0.2) is 16.8 Å². The van der Waals surface area contributed by atoms with Crippen LogP contribution < -0.4 is 5.32 Å². The lowest BCUT2D eigenvalue weighted by Crippen LogP contribution is -2.37. The smallest absolute Gasteiger partial charge is 0.306 e. The van der Waals surface area contributed by atoms with E-state index < -0.39 is 0 Å². The summed E-state index contributed by atoms with van der Waals surface area (Å²) in [5.41, 5.74) is 2.96. The number of hydrogen-bond acceptors (Lipinski definition) is 3. The molecule has 1 fully saturated rings. The number of amides is 2. The van der Waals surface area contributed by atoms with E-state index in [4.69, 9.17) is 5.41 Å². The number of amidine groups is 1. The van der Waals surface area contributed by atoms with E-state index in [1.54, 1.807) is 16.2 Å². The summed E-state index contributed by atoms with van der Waals surface area (Å²) in [6.45, 7) is 1.97. The largest absolute Gasteiger partial charge is 0.327 e. The van der Waals surface area contributed by atoms with Crippen LogP contribution in [0.2, 0.25) is 0 Å². The number of benzene rings is 1. The highest BCUT2D eigenvalue weighted by Gasteiger charge is 2.34. The number of urea groups is 1. The number of thiophene rings is 1. The predicted octanol–water partition coefficient (Wildman–Crippen LogP) is 4.40. The van der Waals surface area contributed by atoms with Crippen LogP contribution in [0.5, 0.6) is 0 Å². The summed E-state index contributed by atoms with van der Waals surface area (Å²) in [6.07, 6.45) is 1.44. The van der Waals surface area contributed by atoms with Crippen LogP contribution in [0.15, 0.2) is 41.1 Å². The van der Waals surface area contributed by atoms with Crippen LogP contribution in [0.25, 0.3) is 0 Å². The fraction of sp³-hybridized carbons (Fsp3) is 0.250. The van der Waals surface area contributed by atoms with E-state index in [2.05, 4.69) is 5.32 Å². The van der Waals surface area contributed by atoms with Gasteiger partial charge in [0.25, 0.3) is 0 Å². The quantitative estimate of drug-likeness (QED) is 0.848. The van der Waals surface area contributed by atoms with Crippen molar-refractivity contribution < 1.29 is 4.79 Å². The zero-order valence-corrected chi connectivity index (χ0v) is 12.6. The predicted molar refractivity (Wildman–Crippen MR) is 86.1 cm³/mol. The maximum Gasteiger partial charge on any atom is 0.327 e. The summed E-state index contributed by atoms with van der Waals surface area (Å²) in [7, 11) is 0. The molecule has 1 aromatic carbocycles. The highest BCUT2D eigenvalue weighted by Crippen LogP contribution is 2.33. The molecule has 0 aliphatic carbocycles. The topological polar surface area (TPSA) is 56.2 Å². The molecule has 21 heavy (non-hydrogen) atoms. The Kier molecular flexibility index (Phi) is 3.75. The molecule has 2 aromatic rings. The first-order valence-corrected chi connectivity index (χ1v) is 7.86. The van der Waals surface area contributed by atoms with E-state index in [9.17, 15) is 4.79 Å². The minimum absolute atomic E-state index is 0.0439. The molecule has 5 heteroatoms. The Bertz CT molecular complexity index is 665. The Morgan fingerprint density at radius 2 is 2.10 bits per heavy atom. The van der Waals surface area contributed by atoms with Crippen LogP contribution in [0.1, 0.15) is 30.0 Å². The third-order valence-electron chi connectivity index (χ3n) is 3.76. The van der Waals surface area contributed by atoms with Gasteiger partial charge in [0.15, 0.2) is 0 Å². The second-order valence-corrected chi connectivity index (χ2v) is 5.92. The molecule has 1 aromatic heterocycles. The third kappa shape index (κ3) is 2.69. The molecule has 0 spiro atoms. The van der Waals surface area contributed by atoms with Crippen molar-refractivity contribution >= 4 is 28.9 Å². The van der Waals surface area contributed by atoms with Gasteiger partial charge in [-0.1, -0.05) is 30.3 Å². The molecular formula is C16H17N3OS. The van der Waals surface area contributed by atoms with Gasteiger partial charge in [-0.2, -0.15) is 0 Å². The summed E-state index contributed by atoms with van der Waals surface area (Å²) < 4.78 is 0. The first-order valence-electron chi connectivity index (χ1n) is 6.92. The molecule has 1 aliphatic rings. The zero-order valence-electron chi connectivity index (χ0n) is 11.8. The van der Waals surface area contributed by atoms with Crippen LogP contribution in [0.3, 0.4) is 0 Å². The molecule has 1 unspecified atom stereocenters. The van der Waals surface area contributed by atoms with Gasteiger partial charge in [0.1, 0.15) is 5.84 Å². The van der Waals surface area contributed by atoms with Gasteiger partial charge in [-0.25, -0.2) is 4.79 Å². The Hall–Kier alpha value is -2.14. The molecule has 1 aliphatic heterocycles. The van der Waals surface area contributed by atoms with E-state index in [1.165, 1.54) is 0 Å². The SMILES string of the molecule is Cc1cscc1NC(=O)N1C(=N)CCC1c1ccccc1. The maximum atomic E-state index is 12.5. The van der Waals surface area contributed by atoms with Gasteiger partial charge in [-0.15, -0.1) is 11.3 Å². The minimum atomic E-state index is -0.215. The fourth-order valence-corrected chi connectivity index (χ4v) is 3.41. The molecule has 4 nitrogen and oxygen atoms in total. The number of anilines is 1. The lowest BCUT2D eigenvalue weighted by atomic mass is 10.1. The number of likely N-dealkylation sites (tertiary alicyclic amines) is 1. The highest BCUT2D eigenvalue weighted by molar-refractivity contribution is 7.08. The highest BCUT2D eigenvalue weighted by atomic mass is 32.1. The normalized spacial score (nSPS) is 18.0. The van der Waals surface area contributed by atoms with Gasteiger partial charge >= 0.3 is 6.03 Å². The second-order valence-electron chi connectivity index (χ2n) is 5.18. The minimum Gasteiger partial charge on any atom is -0.306 e. The molecule has 2 amide bonds. The summed E-state index contributed by atoms with van der Waals surface area (Å²) in [5.74, 6) is 0.384. The van der Waals surface area contributed by atoms with Crippen LogP contribution in [0, 0.1) is 12.3 Å². The van der Waals surface area contributed by atoms with Gasteiger partial charge in [-0.05, 0) is 29.9 Å². The number of nitrogens with zero attached hydrogens (tertiary/aromatic N) is 1. The molecule has 0 saturated carbocycles. The van der Waals surface area contributed by atoms with Crippen molar-refractivity contribution in [2.75, 3.05) is 5.32 Å². The first kappa shape index (κ1) is 13.8. The van der Waals surface area contributed by atoms with Crippen molar-refractivity contribution in [3.8, 4) is 0 Å². The summed E-state index contributed by atoms with van der Waals surface area (Å²) in [6, 6.07) is 9.67. The zero-order chi connectivity index (χ0) is 14.8. The van der Waals surface area contributed by atoms with E-state index in [1.807, 2.05) is 48.0 Å². The average molecular weight is 299 g/mol. The average Bonchev–Trinajstić information content (AvgIpc) is 3.06. The second kappa shape index (κ2) is 5.69. The Morgan fingerprint density at radius 3 is 2.76 bits per heavy atom. The molecule has 108 valence electrons. The number of nitrogens with one attached hydrogen (secondary N) is 2. The molecule has 3 rings (SSSR count). The van der Waals surface area contributed by atoms with Crippen LogP contribution in [0.4, 0.5) is 10.5 Å². The Morgan fingerprint density at radius 1 is 1.33 bits per heavy atom. The van der Waals surface area contributed by atoms with Crippen LogP contribution in [-0.2, 0) is 0 Å². The van der Waals surface area contributed by atoms with Crippen molar-refractivity contribution in [1.29, 1.82) is 5.41 Å². The third-order valence-corrected chi connectivity index (χ3v) is 4.62. The lowest BCUT2D eigenvalue weighted by molar-refractivity contribution is 0.225.